The fourth-order valence-electron chi connectivity index (χ4n) is 1.80. The first-order valence-electron chi connectivity index (χ1n) is 5.59. The van der Waals surface area contributed by atoms with E-state index in [0.717, 1.165) is 0 Å². The quantitative estimate of drug-likeness (QED) is 0.858. The molecule has 1 heterocycles. The van der Waals surface area contributed by atoms with Crippen molar-refractivity contribution in [2.24, 2.45) is 0 Å². The van der Waals surface area contributed by atoms with Crippen LogP contribution in [-0.2, 0) is 4.79 Å². The normalized spacial score (nSPS) is 16.1. The molecule has 96 valence electrons. The van der Waals surface area contributed by atoms with E-state index >= 15 is 0 Å². The van der Waals surface area contributed by atoms with Gasteiger partial charge in [0.2, 0.25) is 5.91 Å². The average Bonchev–Trinajstić information content (AvgIpc) is 2.53. The number of carbonyl (C=O) groups excluding carboxylic acids is 2. The lowest BCUT2D eigenvalue weighted by molar-refractivity contribution is -0.120. The summed E-state index contributed by atoms with van der Waals surface area (Å²) in [6.45, 7) is 1.36. The van der Waals surface area contributed by atoms with Gasteiger partial charge in [0.25, 0.3) is 5.91 Å². The maximum Gasteiger partial charge on any atom is 0.255 e. The third-order valence-corrected chi connectivity index (χ3v) is 3.31. The van der Waals surface area contributed by atoms with Crippen molar-refractivity contribution < 1.29 is 9.59 Å². The van der Waals surface area contributed by atoms with E-state index in [0.29, 0.717) is 41.7 Å². The molecule has 0 unspecified atom stereocenters. The molecule has 1 fully saturated rings. The molecule has 1 saturated heterocycles. The van der Waals surface area contributed by atoms with Crippen LogP contribution in [0.2, 0.25) is 10.0 Å². The summed E-state index contributed by atoms with van der Waals surface area (Å²) in [5.41, 5.74) is 0.412. The number of hydrogen-bond acceptors (Lipinski definition) is 2. The molecule has 0 bridgehead atoms. The highest BCUT2D eigenvalue weighted by atomic mass is 35.5. The number of hydrogen-bond donors (Lipinski definition) is 1. The van der Waals surface area contributed by atoms with E-state index in [4.69, 9.17) is 23.2 Å². The Morgan fingerprint density at radius 2 is 2.06 bits per heavy atom. The zero-order valence-corrected chi connectivity index (χ0v) is 11.1. The Morgan fingerprint density at radius 3 is 2.78 bits per heavy atom. The van der Waals surface area contributed by atoms with Gasteiger partial charge in [-0.1, -0.05) is 23.2 Å². The van der Waals surface area contributed by atoms with Gasteiger partial charge < -0.3 is 10.2 Å². The van der Waals surface area contributed by atoms with E-state index in [1.54, 1.807) is 17.0 Å². The molecule has 6 heteroatoms. The minimum Gasteiger partial charge on any atom is -0.354 e. The van der Waals surface area contributed by atoms with Crippen LogP contribution in [0.25, 0.3) is 0 Å². The molecule has 1 N–H and O–H groups in total. The summed E-state index contributed by atoms with van der Waals surface area (Å²) < 4.78 is 0. The van der Waals surface area contributed by atoms with Crippen molar-refractivity contribution in [3.05, 3.63) is 33.8 Å². The van der Waals surface area contributed by atoms with Gasteiger partial charge in [-0.05, 0) is 18.2 Å². The second-order valence-electron chi connectivity index (χ2n) is 4.02. The lowest BCUT2D eigenvalue weighted by Crippen LogP contribution is -2.34. The van der Waals surface area contributed by atoms with Gasteiger partial charge in [-0.2, -0.15) is 0 Å². The van der Waals surface area contributed by atoms with Crippen molar-refractivity contribution in [1.29, 1.82) is 0 Å². The fraction of sp³-hybridized carbons (Fsp3) is 0.333. The Kier molecular flexibility index (Phi) is 4.09. The molecule has 4 nitrogen and oxygen atoms in total. The van der Waals surface area contributed by atoms with Gasteiger partial charge in [0.1, 0.15) is 0 Å². The SMILES string of the molecule is O=C1CCN(C(=O)c2ccc(Cl)cc2Cl)CCN1. The standard InChI is InChI=1S/C12H12Cl2N2O2/c13-8-1-2-9(10(14)7-8)12(18)16-5-3-11(17)15-4-6-16/h1-2,7H,3-6H2,(H,15,17). The molecule has 0 radical (unpaired) electrons. The average molecular weight is 287 g/mol. The maximum atomic E-state index is 12.3. The van der Waals surface area contributed by atoms with E-state index in [1.165, 1.54) is 6.07 Å². The second-order valence-corrected chi connectivity index (χ2v) is 4.86. The van der Waals surface area contributed by atoms with Crippen LogP contribution < -0.4 is 5.32 Å². The summed E-state index contributed by atoms with van der Waals surface area (Å²) in [4.78, 5) is 25.1. The predicted molar refractivity (Wildman–Crippen MR) is 70.0 cm³/mol. The van der Waals surface area contributed by atoms with Crippen LogP contribution in [0.5, 0.6) is 0 Å². The Hall–Kier alpha value is -1.26. The smallest absolute Gasteiger partial charge is 0.255 e. The zero-order valence-electron chi connectivity index (χ0n) is 9.58. The van der Waals surface area contributed by atoms with Crippen LogP contribution in [-0.4, -0.2) is 36.3 Å². The lowest BCUT2D eigenvalue weighted by Gasteiger charge is -2.20. The molecule has 0 saturated carbocycles. The molecule has 1 aliphatic rings. The molecule has 2 amide bonds. The predicted octanol–water partition coefficient (Wildman–Crippen LogP) is 1.96. The van der Waals surface area contributed by atoms with Gasteiger partial charge in [0.15, 0.2) is 0 Å². The molecule has 1 aliphatic heterocycles. The number of carbonyl (C=O) groups is 2. The minimum atomic E-state index is -0.173. The monoisotopic (exact) mass is 286 g/mol. The van der Waals surface area contributed by atoms with E-state index in [1.807, 2.05) is 0 Å². The summed E-state index contributed by atoms with van der Waals surface area (Å²) in [5, 5.41) is 3.54. The van der Waals surface area contributed by atoms with Crippen LogP contribution in [0, 0.1) is 0 Å². The number of nitrogens with one attached hydrogen (secondary N) is 1. The number of amides is 2. The Bertz CT molecular complexity index is 491. The number of nitrogens with zero attached hydrogens (tertiary/aromatic N) is 1. The summed E-state index contributed by atoms with van der Waals surface area (Å²) in [5.74, 6) is -0.208. The third kappa shape index (κ3) is 2.94. The summed E-state index contributed by atoms with van der Waals surface area (Å²) in [7, 11) is 0. The van der Waals surface area contributed by atoms with Gasteiger partial charge in [-0.25, -0.2) is 0 Å². The van der Waals surface area contributed by atoms with E-state index in [2.05, 4.69) is 5.32 Å². The molecule has 2 rings (SSSR count). The number of benzene rings is 1. The van der Waals surface area contributed by atoms with Crippen LogP contribution in [0.4, 0.5) is 0 Å². The lowest BCUT2D eigenvalue weighted by atomic mass is 10.2. The highest BCUT2D eigenvalue weighted by Gasteiger charge is 2.21. The summed E-state index contributed by atoms with van der Waals surface area (Å²) >= 11 is 11.8. The minimum absolute atomic E-state index is 0.0347. The topological polar surface area (TPSA) is 49.4 Å². The van der Waals surface area contributed by atoms with Crippen LogP contribution in [0.3, 0.4) is 0 Å². The molecular formula is C12H12Cl2N2O2. The number of halogens is 2. The maximum absolute atomic E-state index is 12.3. The van der Waals surface area contributed by atoms with Crippen molar-refractivity contribution in [1.82, 2.24) is 10.2 Å². The molecule has 1 aromatic carbocycles. The van der Waals surface area contributed by atoms with Gasteiger partial charge in [-0.15, -0.1) is 0 Å². The van der Waals surface area contributed by atoms with Crippen molar-refractivity contribution in [2.45, 2.75) is 6.42 Å². The first kappa shape index (κ1) is 13.2. The third-order valence-electron chi connectivity index (χ3n) is 2.76. The van der Waals surface area contributed by atoms with Crippen molar-refractivity contribution in [3.63, 3.8) is 0 Å². The Balaban J connectivity index is 2.17. The molecule has 0 aromatic heterocycles. The Morgan fingerprint density at radius 1 is 1.28 bits per heavy atom. The van der Waals surface area contributed by atoms with Crippen molar-refractivity contribution in [2.75, 3.05) is 19.6 Å². The van der Waals surface area contributed by atoms with Gasteiger partial charge >= 0.3 is 0 Å². The number of rotatable bonds is 1. The molecule has 18 heavy (non-hydrogen) atoms. The second kappa shape index (κ2) is 5.59. The summed E-state index contributed by atoms with van der Waals surface area (Å²) in [6, 6.07) is 4.77. The highest BCUT2D eigenvalue weighted by molar-refractivity contribution is 6.36. The zero-order chi connectivity index (χ0) is 13.1. The van der Waals surface area contributed by atoms with Gasteiger partial charge in [0, 0.05) is 31.1 Å². The highest BCUT2D eigenvalue weighted by Crippen LogP contribution is 2.22. The summed E-state index contributed by atoms with van der Waals surface area (Å²) in [6.07, 6.45) is 0.316. The van der Waals surface area contributed by atoms with Gasteiger partial charge in [0.05, 0.1) is 10.6 Å². The van der Waals surface area contributed by atoms with E-state index < -0.39 is 0 Å². The molecular weight excluding hydrogens is 275 g/mol. The molecule has 0 spiro atoms. The van der Waals surface area contributed by atoms with Crippen LogP contribution >= 0.6 is 23.2 Å². The van der Waals surface area contributed by atoms with Crippen LogP contribution in [0.15, 0.2) is 18.2 Å². The van der Waals surface area contributed by atoms with Crippen LogP contribution in [0.1, 0.15) is 16.8 Å². The fourth-order valence-corrected chi connectivity index (χ4v) is 2.29. The van der Waals surface area contributed by atoms with E-state index in [-0.39, 0.29) is 11.8 Å². The first-order chi connectivity index (χ1) is 8.58. The van der Waals surface area contributed by atoms with Gasteiger partial charge in [-0.3, -0.25) is 9.59 Å². The largest absolute Gasteiger partial charge is 0.354 e. The molecule has 0 atom stereocenters. The molecule has 0 aliphatic carbocycles. The van der Waals surface area contributed by atoms with Crippen molar-refractivity contribution in [3.8, 4) is 0 Å². The van der Waals surface area contributed by atoms with Crippen molar-refractivity contribution >= 4 is 35.0 Å². The first-order valence-corrected chi connectivity index (χ1v) is 6.34. The van der Waals surface area contributed by atoms with E-state index in [9.17, 15) is 9.59 Å². The molecule has 1 aromatic rings. The Labute approximate surface area is 115 Å².